The van der Waals surface area contributed by atoms with Crippen LogP contribution in [0.3, 0.4) is 0 Å². The minimum atomic E-state index is -0.0523. The van der Waals surface area contributed by atoms with E-state index in [1.54, 1.807) is 6.92 Å². The van der Waals surface area contributed by atoms with Gasteiger partial charge in [0.05, 0.1) is 0 Å². The normalized spacial score (nSPS) is 18.1. The van der Waals surface area contributed by atoms with Crippen LogP contribution in [0.15, 0.2) is 41.8 Å². The van der Waals surface area contributed by atoms with Crippen molar-refractivity contribution in [1.29, 1.82) is 0 Å². The Labute approximate surface area is 217 Å². The minimum Gasteiger partial charge on any atom is -0.343 e. The highest BCUT2D eigenvalue weighted by Gasteiger charge is 2.30. The number of piperidine rings is 2. The van der Waals surface area contributed by atoms with Crippen LogP contribution in [0.1, 0.15) is 39.0 Å². The van der Waals surface area contributed by atoms with E-state index in [-0.39, 0.29) is 17.7 Å². The molecule has 9 heteroatoms. The number of carbonyl (C=O) groups excluding carboxylic acids is 2. The van der Waals surface area contributed by atoms with Crippen molar-refractivity contribution in [3.8, 4) is 0 Å². The molecular weight excluding hydrogens is 482 g/mol. The summed E-state index contributed by atoms with van der Waals surface area (Å²) in [6, 6.07) is 7.59. The van der Waals surface area contributed by atoms with Gasteiger partial charge in [-0.1, -0.05) is 29.4 Å². The Morgan fingerprint density at radius 2 is 1.89 bits per heavy atom. The summed E-state index contributed by atoms with van der Waals surface area (Å²) in [5.74, 6) is 0.189. The topological polar surface area (TPSA) is 61.7 Å². The molecule has 2 aliphatic heterocycles. The molecule has 190 valence electrons. The van der Waals surface area contributed by atoms with Crippen LogP contribution in [0.4, 0.5) is 5.69 Å². The largest absolute Gasteiger partial charge is 0.343 e. The molecule has 0 saturated carbocycles. The summed E-state index contributed by atoms with van der Waals surface area (Å²) in [6.07, 6.45) is 8.52. The number of aryl methyl sites for hydroxylation is 1. The fourth-order valence-corrected chi connectivity index (χ4v) is 6.27. The van der Waals surface area contributed by atoms with Crippen LogP contribution in [-0.2, 0) is 16.6 Å². The molecule has 1 aromatic heterocycles. The number of benzene rings is 1. The number of nitrogens with zero attached hydrogens (tertiary/aromatic N) is 5. The Bertz CT molecular complexity index is 999. The smallest absolute Gasteiger partial charge is 0.230 e. The van der Waals surface area contributed by atoms with Crippen molar-refractivity contribution in [1.82, 2.24) is 19.4 Å². The van der Waals surface area contributed by atoms with Gasteiger partial charge in [0.2, 0.25) is 11.8 Å². The third-order valence-corrected chi connectivity index (χ3v) is 8.76. The molecule has 7 nitrogen and oxygen atoms in total. The monoisotopic (exact) mass is 517 g/mol. The Hall–Kier alpha value is -2.03. The number of halogens is 1. The fourth-order valence-electron chi connectivity index (χ4n) is 4.99. The zero-order valence-corrected chi connectivity index (χ0v) is 22.3. The highest BCUT2D eigenvalue weighted by molar-refractivity contribution is 7.99. The molecule has 2 saturated heterocycles. The molecule has 2 aromatic rings. The molecule has 4 rings (SSSR count). The van der Waals surface area contributed by atoms with Gasteiger partial charge in [-0.25, -0.2) is 4.98 Å². The standard InChI is InChI=1S/C26H36ClN5O2S/c1-20(33)31-16-7-21(8-17-31)25(34)32(23-6-3-5-22(27)19-23)13-4-12-30-14-9-24(10-15-30)35-26-28-11-18-29(26)2/h3,5-6,11,18-19,21,24H,4,7-10,12-17H2,1-2H3. The van der Waals surface area contributed by atoms with Gasteiger partial charge in [-0.05, 0) is 69.9 Å². The van der Waals surface area contributed by atoms with Crippen LogP contribution in [0.2, 0.25) is 5.02 Å². The maximum absolute atomic E-state index is 13.5. The number of carbonyl (C=O) groups is 2. The first kappa shape index (κ1) is 26.0. The van der Waals surface area contributed by atoms with Crippen molar-refractivity contribution in [2.24, 2.45) is 13.0 Å². The lowest BCUT2D eigenvalue weighted by Crippen LogP contribution is -2.45. The van der Waals surface area contributed by atoms with E-state index in [2.05, 4.69) is 14.5 Å². The van der Waals surface area contributed by atoms with Gasteiger partial charge in [0, 0.05) is 67.9 Å². The van der Waals surface area contributed by atoms with E-state index in [1.165, 1.54) is 0 Å². The van der Waals surface area contributed by atoms with Crippen LogP contribution in [0.25, 0.3) is 0 Å². The molecule has 0 aliphatic carbocycles. The summed E-state index contributed by atoms with van der Waals surface area (Å²) in [6.45, 7) is 6.72. The molecule has 2 fully saturated rings. The quantitative estimate of drug-likeness (QED) is 0.522. The molecule has 0 unspecified atom stereocenters. The zero-order chi connectivity index (χ0) is 24.8. The first-order chi connectivity index (χ1) is 16.9. The maximum Gasteiger partial charge on any atom is 0.230 e. The molecule has 3 heterocycles. The van der Waals surface area contributed by atoms with Crippen LogP contribution in [0, 0.1) is 5.92 Å². The van der Waals surface area contributed by atoms with E-state index in [9.17, 15) is 9.59 Å². The van der Waals surface area contributed by atoms with Crippen molar-refractivity contribution in [3.63, 3.8) is 0 Å². The maximum atomic E-state index is 13.5. The summed E-state index contributed by atoms with van der Waals surface area (Å²) in [5, 5.41) is 2.34. The first-order valence-electron chi connectivity index (χ1n) is 12.6. The second kappa shape index (κ2) is 12.3. The molecule has 2 aliphatic rings. The molecule has 0 bridgehead atoms. The highest BCUT2D eigenvalue weighted by Crippen LogP contribution is 2.29. The Kier molecular flexibility index (Phi) is 9.14. The van der Waals surface area contributed by atoms with Gasteiger partial charge in [-0.3, -0.25) is 9.59 Å². The van der Waals surface area contributed by atoms with Crippen molar-refractivity contribution < 1.29 is 9.59 Å². The van der Waals surface area contributed by atoms with Gasteiger partial charge in [0.25, 0.3) is 0 Å². The van der Waals surface area contributed by atoms with E-state index in [0.29, 0.717) is 29.9 Å². The second-order valence-electron chi connectivity index (χ2n) is 9.58. The Morgan fingerprint density at radius 3 is 2.51 bits per heavy atom. The minimum absolute atomic E-state index is 0.0523. The number of hydrogen-bond acceptors (Lipinski definition) is 5. The van der Waals surface area contributed by atoms with E-state index in [1.807, 2.05) is 65.3 Å². The van der Waals surface area contributed by atoms with Gasteiger partial charge in [0.15, 0.2) is 5.16 Å². The predicted molar refractivity (Wildman–Crippen MR) is 142 cm³/mol. The van der Waals surface area contributed by atoms with Crippen molar-refractivity contribution in [2.45, 2.75) is 49.4 Å². The number of imidazole rings is 1. The number of likely N-dealkylation sites (tertiary alicyclic amines) is 2. The van der Waals surface area contributed by atoms with Crippen LogP contribution >= 0.6 is 23.4 Å². The van der Waals surface area contributed by atoms with Gasteiger partial charge in [-0.2, -0.15) is 0 Å². The zero-order valence-electron chi connectivity index (χ0n) is 20.7. The van der Waals surface area contributed by atoms with E-state index < -0.39 is 0 Å². The molecule has 0 radical (unpaired) electrons. The molecule has 0 N–H and O–H groups in total. The molecule has 35 heavy (non-hydrogen) atoms. The number of aromatic nitrogens is 2. The van der Waals surface area contributed by atoms with Gasteiger partial charge < -0.3 is 19.3 Å². The third-order valence-electron chi connectivity index (χ3n) is 7.12. The predicted octanol–water partition coefficient (Wildman–Crippen LogP) is 4.31. The molecule has 0 atom stereocenters. The molecule has 1 aromatic carbocycles. The number of amides is 2. The van der Waals surface area contributed by atoms with Crippen LogP contribution in [0.5, 0.6) is 0 Å². The highest BCUT2D eigenvalue weighted by atomic mass is 35.5. The Morgan fingerprint density at radius 1 is 1.14 bits per heavy atom. The summed E-state index contributed by atoms with van der Waals surface area (Å²) in [5.41, 5.74) is 0.863. The SMILES string of the molecule is CC(=O)N1CCC(C(=O)N(CCCN2CCC(Sc3nccn3C)CC2)c2cccc(Cl)c2)CC1. The van der Waals surface area contributed by atoms with Crippen molar-refractivity contribution >= 4 is 40.9 Å². The first-order valence-corrected chi connectivity index (χ1v) is 13.9. The number of anilines is 1. The van der Waals surface area contributed by atoms with Gasteiger partial charge in [-0.15, -0.1) is 0 Å². The van der Waals surface area contributed by atoms with Crippen LogP contribution in [-0.4, -0.2) is 75.7 Å². The molecular formula is C26H36ClN5O2S. The summed E-state index contributed by atoms with van der Waals surface area (Å²) in [4.78, 5) is 35.9. The lowest BCUT2D eigenvalue weighted by Gasteiger charge is -2.35. The molecule has 0 spiro atoms. The van der Waals surface area contributed by atoms with E-state index in [4.69, 9.17) is 11.6 Å². The number of hydrogen-bond donors (Lipinski definition) is 0. The number of rotatable bonds is 8. The van der Waals surface area contributed by atoms with Crippen LogP contribution < -0.4 is 4.90 Å². The average molecular weight is 518 g/mol. The summed E-state index contributed by atoms with van der Waals surface area (Å²) in [7, 11) is 2.05. The van der Waals surface area contributed by atoms with Gasteiger partial charge in [0.1, 0.15) is 0 Å². The lowest BCUT2D eigenvalue weighted by atomic mass is 9.94. The van der Waals surface area contributed by atoms with Crippen molar-refractivity contribution in [3.05, 3.63) is 41.7 Å². The second-order valence-corrected chi connectivity index (χ2v) is 11.3. The third kappa shape index (κ3) is 7.02. The lowest BCUT2D eigenvalue weighted by molar-refractivity contribution is -0.133. The fraction of sp³-hybridized carbons (Fsp3) is 0.577. The average Bonchev–Trinajstić information content (AvgIpc) is 3.26. The number of thioether (sulfide) groups is 1. The molecule has 2 amide bonds. The summed E-state index contributed by atoms with van der Waals surface area (Å²) >= 11 is 8.15. The van der Waals surface area contributed by atoms with Crippen molar-refractivity contribution in [2.75, 3.05) is 44.2 Å². The Balaban J connectivity index is 1.29. The van der Waals surface area contributed by atoms with E-state index in [0.717, 1.165) is 62.6 Å². The van der Waals surface area contributed by atoms with E-state index >= 15 is 0 Å². The summed E-state index contributed by atoms with van der Waals surface area (Å²) < 4.78 is 2.09. The van der Waals surface area contributed by atoms with Gasteiger partial charge >= 0.3 is 0 Å².